The number of hydrogen-bond acceptors (Lipinski definition) is 12. The number of aliphatic hydroxyl groups is 1. The Morgan fingerprint density at radius 3 is 2.23 bits per heavy atom. The smallest absolute Gasteiger partial charge is 0.253 e. The Morgan fingerprint density at radius 2 is 1.57 bits per heavy atom. The van der Waals surface area contributed by atoms with Crippen LogP contribution in [0.3, 0.4) is 0 Å². The van der Waals surface area contributed by atoms with Gasteiger partial charge in [0.15, 0.2) is 0 Å². The number of likely N-dealkylation sites (tertiary alicyclic amines) is 1. The molecule has 1 unspecified atom stereocenters. The maximum Gasteiger partial charge on any atom is 0.253 e. The van der Waals surface area contributed by atoms with Gasteiger partial charge < -0.3 is 40.7 Å². The van der Waals surface area contributed by atoms with E-state index in [1.54, 1.807) is 17.5 Å². The number of hydrogen-bond donors (Lipinski definition) is 5. The van der Waals surface area contributed by atoms with E-state index in [1.165, 1.54) is 4.90 Å². The number of aryl methyl sites for hydroxylation is 3. The molecule has 2 saturated heterocycles. The largest absolute Gasteiger partial charge is 0.391 e. The van der Waals surface area contributed by atoms with Gasteiger partial charge in [0.25, 0.3) is 11.5 Å². The number of aliphatic hydroxyl groups excluding tert-OH is 1. The lowest BCUT2D eigenvalue weighted by Gasteiger charge is -2.35. The summed E-state index contributed by atoms with van der Waals surface area (Å²) in [6, 6.07) is 16.0. The molecule has 19 heteroatoms. The van der Waals surface area contributed by atoms with Crippen LogP contribution in [0.15, 0.2) is 77.3 Å². The molecular weight excluding hydrogens is 1020 g/mol. The number of nitrogens with one attached hydrogen (secondary N) is 4. The molecule has 6 heterocycles. The summed E-state index contributed by atoms with van der Waals surface area (Å²) in [4.78, 5) is 99.8. The van der Waals surface area contributed by atoms with Crippen molar-refractivity contribution < 1.29 is 29.1 Å². The van der Waals surface area contributed by atoms with Crippen molar-refractivity contribution >= 4 is 57.6 Å². The highest BCUT2D eigenvalue weighted by atomic mass is 32.1. The summed E-state index contributed by atoms with van der Waals surface area (Å²) in [5.74, 6) is -0.408. The molecule has 2 aromatic carbocycles. The number of thiazole rings is 1. The van der Waals surface area contributed by atoms with Gasteiger partial charge in [-0.25, -0.2) is 9.97 Å². The third kappa shape index (κ3) is 14.1. The summed E-state index contributed by atoms with van der Waals surface area (Å²) in [7, 11) is 0. The van der Waals surface area contributed by atoms with E-state index in [0.717, 1.165) is 86.5 Å². The second kappa shape index (κ2) is 25.7. The first kappa shape index (κ1) is 57.9. The maximum absolute atomic E-state index is 14.1. The summed E-state index contributed by atoms with van der Waals surface area (Å²) < 4.78 is 1.90. The second-order valence-corrected chi connectivity index (χ2v) is 23.3. The predicted octanol–water partition coefficient (Wildman–Crippen LogP) is 7.79. The lowest BCUT2D eigenvalue weighted by Crippen LogP contribution is -2.57. The van der Waals surface area contributed by atoms with Crippen LogP contribution in [0, 0.1) is 19.3 Å². The average molecular weight is 1100 g/mol. The average Bonchev–Trinajstić information content (AvgIpc) is 4.23. The minimum atomic E-state index is -0.904. The Labute approximate surface area is 466 Å². The van der Waals surface area contributed by atoms with Gasteiger partial charge in [0.05, 0.1) is 39.5 Å². The molecule has 2 fully saturated rings. The molecule has 8 rings (SSSR count). The molecule has 420 valence electrons. The Hall–Kier alpha value is -7.25. The van der Waals surface area contributed by atoms with Crippen molar-refractivity contribution in [2.24, 2.45) is 5.41 Å². The number of pyridine rings is 2. The number of β-amino-alcohol motifs (C(OH)–C–C–N with tert-alkyl or cyclic N) is 1. The molecular formula is C60H77N11O7S. The molecule has 5 amide bonds. The minimum Gasteiger partial charge on any atom is -0.391 e. The number of H-pyrrole nitrogens is 1. The number of fused-ring (bicyclic) bond motifs is 1. The zero-order valence-corrected chi connectivity index (χ0v) is 47.8. The van der Waals surface area contributed by atoms with Crippen LogP contribution in [0.2, 0.25) is 0 Å². The van der Waals surface area contributed by atoms with Crippen LogP contribution in [0.4, 0.5) is 5.82 Å². The van der Waals surface area contributed by atoms with Gasteiger partial charge in [-0.05, 0) is 105 Å². The van der Waals surface area contributed by atoms with Crippen molar-refractivity contribution in [3.8, 4) is 21.6 Å². The molecule has 0 spiro atoms. The van der Waals surface area contributed by atoms with Gasteiger partial charge in [-0.2, -0.15) is 5.10 Å². The van der Waals surface area contributed by atoms with E-state index in [9.17, 15) is 33.9 Å². The van der Waals surface area contributed by atoms with E-state index in [4.69, 9.17) is 4.98 Å². The maximum atomic E-state index is 14.1. The second-order valence-electron chi connectivity index (χ2n) is 22.5. The normalized spacial score (nSPS) is 16.2. The third-order valence-corrected chi connectivity index (χ3v) is 16.0. The van der Waals surface area contributed by atoms with Crippen molar-refractivity contribution in [2.75, 3.05) is 37.6 Å². The summed E-state index contributed by atoms with van der Waals surface area (Å²) in [6.07, 6.45) is 7.85. The number of benzene rings is 2. The fourth-order valence-electron chi connectivity index (χ4n) is 10.7. The molecule has 2 aliphatic rings. The number of amides is 5. The molecule has 6 aromatic rings. The summed E-state index contributed by atoms with van der Waals surface area (Å²) in [6.45, 7) is 18.4. The van der Waals surface area contributed by atoms with Crippen LogP contribution in [-0.4, -0.2) is 120 Å². The molecule has 3 atom stereocenters. The van der Waals surface area contributed by atoms with E-state index in [-0.39, 0.29) is 67.7 Å². The molecule has 0 aliphatic carbocycles. The van der Waals surface area contributed by atoms with Crippen molar-refractivity contribution in [1.29, 1.82) is 0 Å². The standard InChI is InChI=1S/C60H77N11O7S/c1-9-14-42-27-38(4)66-57(76)47(42)33-63-56(75)46-28-44(29-49-48(46)34-65-71(49)37(2)3)43-21-22-51(61-32-43)68-23-25-69(26-24-68)53(74)16-13-11-10-12-15-52(73)67-55(60(6,7)8)59(78)70-35-45(72)30-50(70)58(77)62-31-40-17-19-41(20-18-40)54-39(5)64-36-79-54/h17-22,27-29,32,34,36-37,45,50,55,72H,9-16,23-26,30-31,33,35H2,1-8H3,(H,62,77)(H,63,75)(H,66,76)(H,67,73)/t45-,50+,55?/m1/s1. The summed E-state index contributed by atoms with van der Waals surface area (Å²) in [5, 5.41) is 24.9. The molecule has 0 radical (unpaired) electrons. The zero-order valence-electron chi connectivity index (χ0n) is 47.0. The van der Waals surface area contributed by atoms with Crippen molar-refractivity contribution in [3.05, 3.63) is 116 Å². The first-order valence-corrected chi connectivity index (χ1v) is 28.7. The van der Waals surface area contributed by atoms with Gasteiger partial charge in [-0.15, -0.1) is 11.3 Å². The van der Waals surface area contributed by atoms with Gasteiger partial charge >= 0.3 is 0 Å². The molecule has 4 aromatic heterocycles. The monoisotopic (exact) mass is 1100 g/mol. The topological polar surface area (TPSA) is 228 Å². The van der Waals surface area contributed by atoms with Gasteiger partial charge in [0.1, 0.15) is 17.9 Å². The highest BCUT2D eigenvalue weighted by Crippen LogP contribution is 2.32. The number of nitrogens with zero attached hydrogens (tertiary/aromatic N) is 7. The first-order valence-electron chi connectivity index (χ1n) is 27.8. The predicted molar refractivity (Wildman–Crippen MR) is 308 cm³/mol. The fourth-order valence-corrected chi connectivity index (χ4v) is 11.5. The summed E-state index contributed by atoms with van der Waals surface area (Å²) >= 11 is 1.57. The Balaban J connectivity index is 0.771. The van der Waals surface area contributed by atoms with Crippen LogP contribution < -0.4 is 26.4 Å². The Bertz CT molecular complexity index is 3190. The quantitative estimate of drug-likeness (QED) is 0.0437. The van der Waals surface area contributed by atoms with Crippen LogP contribution in [0.5, 0.6) is 0 Å². The Kier molecular flexibility index (Phi) is 18.8. The first-order chi connectivity index (χ1) is 37.8. The highest BCUT2D eigenvalue weighted by Gasteiger charge is 2.44. The van der Waals surface area contributed by atoms with Crippen molar-refractivity contribution in [2.45, 2.75) is 150 Å². The van der Waals surface area contributed by atoms with E-state index in [1.807, 2.05) is 124 Å². The lowest BCUT2D eigenvalue weighted by atomic mass is 9.85. The highest BCUT2D eigenvalue weighted by molar-refractivity contribution is 7.13. The van der Waals surface area contributed by atoms with Crippen LogP contribution in [-0.2, 0) is 38.7 Å². The van der Waals surface area contributed by atoms with E-state index < -0.39 is 29.5 Å². The molecule has 2 aliphatic heterocycles. The number of piperazine rings is 1. The molecule has 5 N–H and O–H groups in total. The number of anilines is 1. The van der Waals surface area contributed by atoms with Crippen molar-refractivity contribution in [1.82, 2.24) is 50.5 Å². The van der Waals surface area contributed by atoms with E-state index >= 15 is 0 Å². The number of carbonyl (C=O) groups is 5. The molecule has 79 heavy (non-hydrogen) atoms. The molecule has 0 bridgehead atoms. The van der Waals surface area contributed by atoms with E-state index in [2.05, 4.69) is 42.8 Å². The van der Waals surface area contributed by atoms with Gasteiger partial charge in [-0.3, -0.25) is 33.4 Å². The zero-order chi connectivity index (χ0) is 56.5. The van der Waals surface area contributed by atoms with Gasteiger partial charge in [0.2, 0.25) is 23.6 Å². The fraction of sp³-hybridized carbons (Fsp3) is 0.483. The number of aromatic amines is 1. The van der Waals surface area contributed by atoms with Crippen molar-refractivity contribution in [3.63, 3.8) is 0 Å². The number of rotatable bonds is 21. The van der Waals surface area contributed by atoms with Crippen LogP contribution in [0.1, 0.15) is 137 Å². The summed E-state index contributed by atoms with van der Waals surface area (Å²) in [5.41, 5.74) is 9.09. The number of aromatic nitrogens is 5. The minimum absolute atomic E-state index is 0.00205. The molecule has 18 nitrogen and oxygen atoms in total. The van der Waals surface area contributed by atoms with Gasteiger partial charge in [0, 0.05) is 99.5 Å². The van der Waals surface area contributed by atoms with E-state index in [0.29, 0.717) is 56.6 Å². The SMILES string of the molecule is CCCc1cc(C)[nH]c(=O)c1CNC(=O)c1cc(-c2ccc(N3CCN(C(=O)CCCCCCC(=O)NC(C(=O)N4C[C@H](O)C[C@H]4C(=O)NCc4ccc(-c5scnc5C)cc4)C(C)(C)C)CC3)nc2)cc2c1cnn2C(C)C. The van der Waals surface area contributed by atoms with Gasteiger partial charge in [-0.1, -0.05) is 71.2 Å². The number of carbonyl (C=O) groups excluding carboxylic acids is 5. The Morgan fingerprint density at radius 1 is 0.848 bits per heavy atom. The molecule has 0 saturated carbocycles. The lowest BCUT2D eigenvalue weighted by molar-refractivity contribution is -0.144. The van der Waals surface area contributed by atoms with Crippen LogP contribution >= 0.6 is 11.3 Å². The number of unbranched alkanes of at least 4 members (excludes halogenated alkanes) is 3. The third-order valence-electron chi connectivity index (χ3n) is 15.1. The van der Waals surface area contributed by atoms with Crippen LogP contribution in [0.25, 0.3) is 32.5 Å².